The lowest BCUT2D eigenvalue weighted by Crippen LogP contribution is -2.38. The summed E-state index contributed by atoms with van der Waals surface area (Å²) in [6.07, 6.45) is 7.09. The predicted molar refractivity (Wildman–Crippen MR) is 109 cm³/mol. The monoisotopic (exact) mass is 382 g/mol. The highest BCUT2D eigenvalue weighted by molar-refractivity contribution is 5.91. The van der Waals surface area contributed by atoms with E-state index >= 15 is 0 Å². The van der Waals surface area contributed by atoms with Gasteiger partial charge >= 0.3 is 0 Å². The number of benzene rings is 1. The number of nitrogens with one attached hydrogen (secondary N) is 1. The Kier molecular flexibility index (Phi) is 5.72. The number of hydrogen-bond acceptors (Lipinski definition) is 4. The summed E-state index contributed by atoms with van der Waals surface area (Å²) in [4.78, 5) is 15.1. The second-order valence-corrected chi connectivity index (χ2v) is 8.15. The molecule has 4 rings (SSSR count). The molecule has 1 N–H and O–H groups in total. The normalized spacial score (nSPS) is 19.0. The standard InChI is InChI=1S/C23H30N2O3/c1-27-19-8-6-18(7-9-19)23(12-2-3-13-23)17-24-22(26)21-11-10-20(28-21)16-25-14-4-5-15-25/h6-11H,2-5,12-17H2,1H3,(H,24,26). The zero-order chi connectivity index (χ0) is 19.4. The Morgan fingerprint density at radius 1 is 1.07 bits per heavy atom. The van der Waals surface area contributed by atoms with Crippen LogP contribution in [0.3, 0.4) is 0 Å². The molecular weight excluding hydrogens is 352 g/mol. The van der Waals surface area contributed by atoms with E-state index in [-0.39, 0.29) is 11.3 Å². The van der Waals surface area contributed by atoms with Gasteiger partial charge in [-0.25, -0.2) is 0 Å². The van der Waals surface area contributed by atoms with Gasteiger partial charge < -0.3 is 14.5 Å². The second-order valence-electron chi connectivity index (χ2n) is 8.15. The summed E-state index contributed by atoms with van der Waals surface area (Å²) in [5.74, 6) is 2.03. The molecule has 1 aromatic heterocycles. The van der Waals surface area contributed by atoms with E-state index < -0.39 is 0 Å². The fraction of sp³-hybridized carbons (Fsp3) is 0.522. The maximum Gasteiger partial charge on any atom is 0.287 e. The Bertz CT molecular complexity index is 784. The zero-order valence-corrected chi connectivity index (χ0v) is 16.7. The van der Waals surface area contributed by atoms with E-state index in [9.17, 15) is 4.79 Å². The lowest BCUT2D eigenvalue weighted by atomic mass is 9.78. The van der Waals surface area contributed by atoms with Gasteiger partial charge in [-0.15, -0.1) is 0 Å². The van der Waals surface area contributed by atoms with E-state index in [0.29, 0.717) is 12.3 Å². The first-order chi connectivity index (χ1) is 13.7. The summed E-state index contributed by atoms with van der Waals surface area (Å²) in [5.41, 5.74) is 1.28. The van der Waals surface area contributed by atoms with Crippen LogP contribution in [0, 0.1) is 0 Å². The van der Waals surface area contributed by atoms with Gasteiger partial charge in [-0.2, -0.15) is 0 Å². The highest BCUT2D eigenvalue weighted by Gasteiger charge is 2.36. The van der Waals surface area contributed by atoms with Gasteiger partial charge in [0.15, 0.2) is 5.76 Å². The maximum atomic E-state index is 12.7. The number of nitrogens with zero attached hydrogens (tertiary/aromatic N) is 1. The first kappa shape index (κ1) is 19.1. The van der Waals surface area contributed by atoms with Gasteiger partial charge in [-0.05, 0) is 68.6 Å². The van der Waals surface area contributed by atoms with Crippen molar-refractivity contribution in [3.8, 4) is 5.75 Å². The van der Waals surface area contributed by atoms with Crippen molar-refractivity contribution >= 4 is 5.91 Å². The number of hydrogen-bond donors (Lipinski definition) is 1. The van der Waals surface area contributed by atoms with Gasteiger partial charge in [0.1, 0.15) is 11.5 Å². The molecule has 5 heteroatoms. The van der Waals surface area contributed by atoms with Crippen LogP contribution < -0.4 is 10.1 Å². The quantitative estimate of drug-likeness (QED) is 0.782. The molecule has 1 aliphatic carbocycles. The largest absolute Gasteiger partial charge is 0.497 e. The van der Waals surface area contributed by atoms with Gasteiger partial charge in [0.05, 0.1) is 13.7 Å². The van der Waals surface area contributed by atoms with E-state index in [1.165, 1.54) is 31.2 Å². The molecule has 2 aliphatic rings. The number of carbonyl (C=O) groups is 1. The molecule has 0 bridgehead atoms. The van der Waals surface area contributed by atoms with Crippen LogP contribution in [-0.2, 0) is 12.0 Å². The molecule has 0 spiro atoms. The Labute approximate surface area is 167 Å². The number of amides is 1. The highest BCUT2D eigenvalue weighted by atomic mass is 16.5. The third-order valence-corrected chi connectivity index (χ3v) is 6.31. The topological polar surface area (TPSA) is 54.7 Å². The Morgan fingerprint density at radius 2 is 1.79 bits per heavy atom. The molecule has 2 aromatic rings. The van der Waals surface area contributed by atoms with Crippen LogP contribution in [0.1, 0.15) is 60.4 Å². The Balaban J connectivity index is 1.39. The molecule has 0 unspecified atom stereocenters. The zero-order valence-electron chi connectivity index (χ0n) is 16.7. The van der Waals surface area contributed by atoms with Crippen molar-refractivity contribution in [1.82, 2.24) is 10.2 Å². The molecule has 1 saturated heterocycles. The Hall–Kier alpha value is -2.27. The molecule has 1 amide bonds. The molecule has 2 heterocycles. The van der Waals surface area contributed by atoms with E-state index in [1.54, 1.807) is 13.2 Å². The molecule has 28 heavy (non-hydrogen) atoms. The fourth-order valence-corrected chi connectivity index (χ4v) is 4.65. The molecule has 1 aliphatic heterocycles. The molecule has 1 aromatic carbocycles. The number of rotatable bonds is 7. The van der Waals surface area contributed by atoms with E-state index in [4.69, 9.17) is 9.15 Å². The molecule has 0 atom stereocenters. The SMILES string of the molecule is COc1ccc(C2(CNC(=O)c3ccc(CN4CCCC4)o3)CCCC2)cc1. The first-order valence-corrected chi connectivity index (χ1v) is 10.4. The summed E-state index contributed by atoms with van der Waals surface area (Å²) in [5, 5.41) is 3.14. The van der Waals surface area contributed by atoms with Gasteiger partial charge in [0.25, 0.3) is 5.91 Å². The second kappa shape index (κ2) is 8.39. The average molecular weight is 383 g/mol. The van der Waals surface area contributed by atoms with Crippen molar-refractivity contribution in [2.75, 3.05) is 26.7 Å². The van der Waals surface area contributed by atoms with Crippen molar-refractivity contribution in [1.29, 1.82) is 0 Å². The minimum atomic E-state index is -0.118. The minimum Gasteiger partial charge on any atom is -0.497 e. The summed E-state index contributed by atoms with van der Waals surface area (Å²) in [6.45, 7) is 3.67. The smallest absolute Gasteiger partial charge is 0.287 e. The molecule has 0 radical (unpaired) electrons. The third kappa shape index (κ3) is 4.09. The molecule has 150 valence electrons. The van der Waals surface area contributed by atoms with Crippen molar-refractivity contribution in [2.24, 2.45) is 0 Å². The molecule has 1 saturated carbocycles. The molecular formula is C23H30N2O3. The van der Waals surface area contributed by atoms with Crippen LogP contribution in [0.15, 0.2) is 40.8 Å². The summed E-state index contributed by atoms with van der Waals surface area (Å²) in [6, 6.07) is 12.0. The highest BCUT2D eigenvalue weighted by Crippen LogP contribution is 2.41. The number of methoxy groups -OCH3 is 1. The van der Waals surface area contributed by atoms with E-state index in [0.717, 1.165) is 44.0 Å². The maximum absolute atomic E-state index is 12.7. The van der Waals surface area contributed by atoms with Crippen molar-refractivity contribution in [3.63, 3.8) is 0 Å². The van der Waals surface area contributed by atoms with Crippen LogP contribution in [0.2, 0.25) is 0 Å². The van der Waals surface area contributed by atoms with Crippen molar-refractivity contribution < 1.29 is 13.9 Å². The van der Waals surface area contributed by atoms with Crippen molar-refractivity contribution in [3.05, 3.63) is 53.5 Å². The predicted octanol–water partition coefficient (Wildman–Crippen LogP) is 4.13. The number of furan rings is 1. The lowest BCUT2D eigenvalue weighted by molar-refractivity contribution is 0.0912. The van der Waals surface area contributed by atoms with E-state index in [1.807, 2.05) is 18.2 Å². The number of carbonyl (C=O) groups excluding carboxylic acids is 1. The minimum absolute atomic E-state index is 0.00685. The summed E-state index contributed by atoms with van der Waals surface area (Å²) < 4.78 is 11.1. The Morgan fingerprint density at radius 3 is 2.46 bits per heavy atom. The van der Waals surface area contributed by atoms with Gasteiger partial charge in [-0.1, -0.05) is 25.0 Å². The van der Waals surface area contributed by atoms with Crippen LogP contribution in [-0.4, -0.2) is 37.6 Å². The number of likely N-dealkylation sites (tertiary alicyclic amines) is 1. The molecule has 5 nitrogen and oxygen atoms in total. The first-order valence-electron chi connectivity index (χ1n) is 10.4. The van der Waals surface area contributed by atoms with Gasteiger partial charge in [0, 0.05) is 12.0 Å². The van der Waals surface area contributed by atoms with Crippen LogP contribution >= 0.6 is 0 Å². The van der Waals surface area contributed by atoms with Crippen molar-refractivity contribution in [2.45, 2.75) is 50.5 Å². The summed E-state index contributed by atoms with van der Waals surface area (Å²) >= 11 is 0. The lowest BCUT2D eigenvalue weighted by Gasteiger charge is -2.30. The van der Waals surface area contributed by atoms with E-state index in [2.05, 4.69) is 22.3 Å². The third-order valence-electron chi connectivity index (χ3n) is 6.31. The van der Waals surface area contributed by atoms with Gasteiger partial charge in [-0.3, -0.25) is 9.69 Å². The molecule has 2 fully saturated rings. The van der Waals surface area contributed by atoms with Crippen LogP contribution in [0.5, 0.6) is 5.75 Å². The average Bonchev–Trinajstić information content (AvgIpc) is 3.49. The number of ether oxygens (including phenoxy) is 1. The fourth-order valence-electron chi connectivity index (χ4n) is 4.65. The van der Waals surface area contributed by atoms with Gasteiger partial charge in [0.2, 0.25) is 0 Å². The van der Waals surface area contributed by atoms with Crippen LogP contribution in [0.25, 0.3) is 0 Å². The van der Waals surface area contributed by atoms with Crippen LogP contribution in [0.4, 0.5) is 0 Å². The summed E-state index contributed by atoms with van der Waals surface area (Å²) in [7, 11) is 1.68.